The zero-order valence-electron chi connectivity index (χ0n) is 25.2. The van der Waals surface area contributed by atoms with E-state index in [9.17, 15) is 14.4 Å². The number of carbonyl (C=O) groups excluding carboxylic acids is 3. The van der Waals surface area contributed by atoms with Crippen molar-refractivity contribution in [2.45, 2.75) is 52.8 Å². The number of aldehydes is 1. The summed E-state index contributed by atoms with van der Waals surface area (Å²) >= 11 is 0. The molecule has 4 aromatic rings. The SMILES string of the molecule is CCC(NC(=O)[C@H](C)NC(=O)OCc1ccccc1)c1ccccc1.Cc1ccc(C=O)cc1.Cc1cccc([NH-])c1.[Ac]. The molecule has 0 fully saturated rings. The fraction of sp³-hybridized carbons (Fsp3) is 0.229. The van der Waals surface area contributed by atoms with Gasteiger partial charge >= 0.3 is 6.09 Å². The van der Waals surface area contributed by atoms with Crippen LogP contribution in [0.4, 0.5) is 10.5 Å². The van der Waals surface area contributed by atoms with Crippen LogP contribution in [0, 0.1) is 57.9 Å². The first-order chi connectivity index (χ1) is 20.2. The van der Waals surface area contributed by atoms with Gasteiger partial charge in [-0.05, 0) is 38.3 Å². The Morgan fingerprint density at radius 3 is 1.93 bits per heavy atom. The summed E-state index contributed by atoms with van der Waals surface area (Å²) in [6.07, 6.45) is 1.000. The van der Waals surface area contributed by atoms with Crippen LogP contribution in [-0.2, 0) is 16.1 Å². The van der Waals surface area contributed by atoms with Crippen LogP contribution in [0.25, 0.3) is 5.73 Å². The van der Waals surface area contributed by atoms with E-state index in [2.05, 4.69) is 10.6 Å². The number of hydrogen-bond donors (Lipinski definition) is 2. The van der Waals surface area contributed by atoms with Crippen molar-refractivity contribution < 1.29 is 63.2 Å². The van der Waals surface area contributed by atoms with Gasteiger partial charge in [0.15, 0.2) is 0 Å². The molecule has 0 aliphatic carbocycles. The Kier molecular flexibility index (Phi) is 18.6. The minimum Gasteiger partial charge on any atom is -0.699 e. The predicted octanol–water partition coefficient (Wildman–Crippen LogP) is 8.06. The molecule has 7 nitrogen and oxygen atoms in total. The molecule has 43 heavy (non-hydrogen) atoms. The Morgan fingerprint density at radius 1 is 0.814 bits per heavy atom. The molecule has 0 bridgehead atoms. The number of carbonyl (C=O) groups is 3. The first-order valence-electron chi connectivity index (χ1n) is 13.8. The third-order valence-corrected chi connectivity index (χ3v) is 6.10. The molecule has 223 valence electrons. The van der Waals surface area contributed by atoms with Crippen LogP contribution in [0.15, 0.2) is 109 Å². The molecule has 0 saturated carbocycles. The number of hydrogen-bond acceptors (Lipinski definition) is 4. The van der Waals surface area contributed by atoms with Gasteiger partial charge in [-0.3, -0.25) is 9.59 Å². The van der Waals surface area contributed by atoms with Crippen molar-refractivity contribution in [3.63, 3.8) is 0 Å². The first kappa shape index (κ1) is 37.6. The summed E-state index contributed by atoms with van der Waals surface area (Å²) < 4.78 is 5.13. The third-order valence-electron chi connectivity index (χ3n) is 6.10. The van der Waals surface area contributed by atoms with Gasteiger partial charge < -0.3 is 21.1 Å². The Labute approximate surface area is 291 Å². The second kappa shape index (κ2) is 21.3. The van der Waals surface area contributed by atoms with E-state index in [4.69, 9.17) is 10.5 Å². The summed E-state index contributed by atoms with van der Waals surface area (Å²) in [4.78, 5) is 34.3. The fourth-order valence-electron chi connectivity index (χ4n) is 3.70. The minimum absolute atomic E-state index is 0. The first-order valence-corrected chi connectivity index (χ1v) is 13.8. The van der Waals surface area contributed by atoms with E-state index in [0.717, 1.165) is 35.0 Å². The molecule has 0 spiro atoms. The van der Waals surface area contributed by atoms with E-state index in [1.807, 2.05) is 124 Å². The number of rotatable bonds is 8. The molecule has 0 aromatic heterocycles. The summed E-state index contributed by atoms with van der Waals surface area (Å²) in [7, 11) is 0. The Morgan fingerprint density at radius 2 is 1.42 bits per heavy atom. The minimum atomic E-state index is -0.680. The molecule has 1 unspecified atom stereocenters. The number of nitrogens with one attached hydrogen (secondary N) is 3. The number of amides is 2. The molecule has 0 aliphatic heterocycles. The Balaban J connectivity index is 0.000000417. The van der Waals surface area contributed by atoms with E-state index >= 15 is 0 Å². The maximum Gasteiger partial charge on any atom is 0.408 e. The van der Waals surface area contributed by atoms with Crippen molar-refractivity contribution in [1.82, 2.24) is 10.6 Å². The van der Waals surface area contributed by atoms with Gasteiger partial charge in [0.25, 0.3) is 0 Å². The summed E-state index contributed by atoms with van der Waals surface area (Å²) in [5, 5.41) is 5.51. The van der Waals surface area contributed by atoms with Gasteiger partial charge in [0, 0.05) is 49.6 Å². The fourth-order valence-corrected chi connectivity index (χ4v) is 3.70. The summed E-state index contributed by atoms with van der Waals surface area (Å²) in [5.74, 6) is -0.243. The largest absolute Gasteiger partial charge is 0.699 e. The number of ether oxygens (including phenoxy) is 1. The van der Waals surface area contributed by atoms with E-state index in [1.54, 1.807) is 13.0 Å². The maximum absolute atomic E-state index is 12.3. The van der Waals surface area contributed by atoms with Crippen LogP contribution in [0.2, 0.25) is 0 Å². The molecule has 3 N–H and O–H groups in total. The van der Waals surface area contributed by atoms with Crippen LogP contribution in [0.5, 0.6) is 0 Å². The van der Waals surface area contributed by atoms with Crippen LogP contribution >= 0.6 is 0 Å². The normalized spacial score (nSPS) is 11.0. The van der Waals surface area contributed by atoms with E-state index in [-0.39, 0.29) is 62.6 Å². The summed E-state index contributed by atoms with van der Waals surface area (Å²) in [5.41, 5.74) is 12.7. The molecule has 0 aliphatic rings. The van der Waals surface area contributed by atoms with Gasteiger partial charge in [0.2, 0.25) is 5.91 Å². The number of aryl methyl sites for hydroxylation is 2. The standard InChI is InChI=1S/C20H24N2O3.C8H8O.C7H8N.Ac/c1-3-18(17-12-8-5-9-13-17)22-19(23)15(2)21-20(24)25-14-16-10-6-4-7-11-16;1-7-2-4-8(6-9)5-3-7;1-6-3-2-4-7(8)5-6;/h4-13,15,18H,3,14H2,1-2H3,(H,21,24)(H,22,23);2-6H,1H3;2-5,8H,1H3;/q;;-1;/t15-,18?;;;/m0.../s1. The smallest absolute Gasteiger partial charge is 0.408 e. The Bertz CT molecular complexity index is 1350. The average Bonchev–Trinajstić information content (AvgIpc) is 3.00. The molecular weight excluding hydrogens is 753 g/mol. The quantitative estimate of drug-likeness (QED) is 0.176. The van der Waals surface area contributed by atoms with E-state index < -0.39 is 12.1 Å². The van der Waals surface area contributed by atoms with Crippen molar-refractivity contribution in [3.8, 4) is 0 Å². The van der Waals surface area contributed by atoms with Crippen molar-refractivity contribution in [3.05, 3.63) is 143 Å². The molecular formula is C35H40AcN3O4-. The third kappa shape index (κ3) is 15.5. The van der Waals surface area contributed by atoms with Crippen molar-refractivity contribution in [1.29, 1.82) is 0 Å². The van der Waals surface area contributed by atoms with E-state index in [1.165, 1.54) is 5.56 Å². The number of benzene rings is 4. The van der Waals surface area contributed by atoms with Gasteiger partial charge in [0.05, 0.1) is 6.04 Å². The Hall–Kier alpha value is -3.47. The summed E-state index contributed by atoms with van der Waals surface area (Å²) in [6.45, 7) is 7.79. The van der Waals surface area contributed by atoms with Crippen molar-refractivity contribution in [2.75, 3.05) is 0 Å². The van der Waals surface area contributed by atoms with Crippen LogP contribution in [0.1, 0.15) is 58.9 Å². The number of alkyl carbamates (subject to hydrolysis) is 1. The molecule has 0 saturated heterocycles. The second-order valence-corrected chi connectivity index (χ2v) is 9.71. The van der Waals surface area contributed by atoms with Crippen LogP contribution < -0.4 is 10.6 Å². The van der Waals surface area contributed by atoms with Gasteiger partial charge in [-0.15, -0.1) is 5.69 Å². The second-order valence-electron chi connectivity index (χ2n) is 9.71. The zero-order valence-corrected chi connectivity index (χ0v) is 30.0. The zero-order chi connectivity index (χ0) is 30.7. The van der Waals surface area contributed by atoms with Gasteiger partial charge in [-0.1, -0.05) is 127 Å². The molecule has 4 aromatic carbocycles. The van der Waals surface area contributed by atoms with Crippen molar-refractivity contribution in [2.24, 2.45) is 0 Å². The average molecular weight is 794 g/mol. The van der Waals surface area contributed by atoms with E-state index in [0.29, 0.717) is 5.69 Å². The topological polar surface area (TPSA) is 108 Å². The predicted molar refractivity (Wildman–Crippen MR) is 169 cm³/mol. The molecule has 0 heterocycles. The molecule has 8 heteroatoms. The maximum atomic E-state index is 12.3. The molecule has 4 rings (SSSR count). The summed E-state index contributed by atoms with van der Waals surface area (Å²) in [6, 6.07) is 33.3. The van der Waals surface area contributed by atoms with Crippen LogP contribution in [-0.4, -0.2) is 24.3 Å². The molecule has 2 atom stereocenters. The molecule has 2 amide bonds. The van der Waals surface area contributed by atoms with Crippen LogP contribution in [0.3, 0.4) is 0 Å². The van der Waals surface area contributed by atoms with Gasteiger partial charge in [-0.2, -0.15) is 0 Å². The van der Waals surface area contributed by atoms with Gasteiger partial charge in [0.1, 0.15) is 18.9 Å². The monoisotopic (exact) mass is 793 g/mol. The van der Waals surface area contributed by atoms with Gasteiger partial charge in [-0.25, -0.2) is 4.79 Å². The molecule has 1 radical (unpaired) electrons. The van der Waals surface area contributed by atoms with Crippen molar-refractivity contribution >= 4 is 24.0 Å².